The Labute approximate surface area is 159 Å². The Balaban J connectivity index is 1.92. The van der Waals surface area contributed by atoms with Gasteiger partial charge in [-0.15, -0.1) is 0 Å². The quantitative estimate of drug-likeness (QED) is 0.847. The lowest BCUT2D eigenvalue weighted by Gasteiger charge is -2.34. The maximum atomic E-state index is 13.1. The summed E-state index contributed by atoms with van der Waals surface area (Å²) >= 11 is 0. The number of phenols is 1. The highest BCUT2D eigenvalue weighted by Crippen LogP contribution is 2.31. The van der Waals surface area contributed by atoms with E-state index in [4.69, 9.17) is 5.26 Å². The molecular weight excluding hydrogens is 340 g/mol. The normalized spacial score (nSPS) is 14.5. The molecule has 1 aliphatic carbocycles. The summed E-state index contributed by atoms with van der Waals surface area (Å²) in [5.41, 5.74) is 2.18. The van der Waals surface area contributed by atoms with Gasteiger partial charge in [0.15, 0.2) is 0 Å². The maximum absolute atomic E-state index is 13.1. The number of carbonyl (C=O) groups is 1. The molecule has 2 aromatic rings. The highest BCUT2D eigenvalue weighted by atomic mass is 16.3. The number of phenolic OH excluding ortho intramolecular Hbond substituents is 1. The van der Waals surface area contributed by atoms with Gasteiger partial charge in [0.2, 0.25) is 0 Å². The van der Waals surface area contributed by atoms with Crippen LogP contribution in [-0.2, 0) is 0 Å². The van der Waals surface area contributed by atoms with Crippen LogP contribution in [0.4, 0.5) is 0 Å². The van der Waals surface area contributed by atoms with Crippen molar-refractivity contribution in [3.8, 4) is 22.9 Å². The Kier molecular flexibility index (Phi) is 6.10. The minimum Gasteiger partial charge on any atom is -0.507 e. The largest absolute Gasteiger partial charge is 0.507 e. The van der Waals surface area contributed by atoms with Gasteiger partial charge in [0.05, 0.1) is 18.2 Å². The van der Waals surface area contributed by atoms with Crippen molar-refractivity contribution in [3.63, 3.8) is 0 Å². The fourth-order valence-electron chi connectivity index (χ4n) is 3.77. The van der Waals surface area contributed by atoms with Crippen molar-refractivity contribution >= 4 is 5.91 Å². The summed E-state index contributed by atoms with van der Waals surface area (Å²) in [5.74, 6) is -0.0354. The standard InChI is InChI=1S/C22H24N2O3/c23-15-16-9-10-21(26)20(13-16)17-5-4-6-18(14-17)22(27)24(11-12-25)19-7-2-1-3-8-19/h4-6,9-10,13-14,19,25-26H,1-3,7-8,11-12H2. The first kappa shape index (κ1) is 18.9. The molecule has 0 saturated heterocycles. The molecule has 2 N–H and O–H groups in total. The zero-order valence-corrected chi connectivity index (χ0v) is 15.3. The highest BCUT2D eigenvalue weighted by Gasteiger charge is 2.26. The number of aliphatic hydroxyl groups is 1. The van der Waals surface area contributed by atoms with Crippen molar-refractivity contribution < 1.29 is 15.0 Å². The predicted octanol–water partition coefficient (Wildman–Crippen LogP) is 3.70. The van der Waals surface area contributed by atoms with Gasteiger partial charge in [-0.05, 0) is 48.7 Å². The van der Waals surface area contributed by atoms with Crippen LogP contribution in [-0.4, -0.2) is 40.2 Å². The van der Waals surface area contributed by atoms with E-state index in [1.165, 1.54) is 12.5 Å². The second-order valence-electron chi connectivity index (χ2n) is 6.94. The topological polar surface area (TPSA) is 84.6 Å². The number of aromatic hydroxyl groups is 1. The third kappa shape index (κ3) is 4.29. The Hall–Kier alpha value is -2.84. The molecule has 0 heterocycles. The van der Waals surface area contributed by atoms with Crippen LogP contribution < -0.4 is 0 Å². The van der Waals surface area contributed by atoms with Gasteiger partial charge < -0.3 is 15.1 Å². The Morgan fingerprint density at radius 1 is 1.15 bits per heavy atom. The van der Waals surface area contributed by atoms with Crippen LogP contribution in [0.25, 0.3) is 11.1 Å². The first-order valence-corrected chi connectivity index (χ1v) is 9.39. The minimum absolute atomic E-state index is 0.0626. The number of amides is 1. The van der Waals surface area contributed by atoms with E-state index in [1.54, 1.807) is 35.2 Å². The number of hydrogen-bond donors (Lipinski definition) is 2. The summed E-state index contributed by atoms with van der Waals surface area (Å²) in [6.45, 7) is 0.260. The number of aliphatic hydroxyl groups excluding tert-OH is 1. The average molecular weight is 364 g/mol. The number of hydrogen-bond acceptors (Lipinski definition) is 4. The fourth-order valence-corrected chi connectivity index (χ4v) is 3.77. The van der Waals surface area contributed by atoms with E-state index in [0.717, 1.165) is 25.7 Å². The summed E-state index contributed by atoms with van der Waals surface area (Å²) in [6, 6.07) is 14.0. The first-order valence-electron chi connectivity index (χ1n) is 9.39. The molecule has 5 heteroatoms. The zero-order valence-electron chi connectivity index (χ0n) is 15.3. The molecule has 1 fully saturated rings. The lowest BCUT2D eigenvalue weighted by atomic mass is 9.93. The summed E-state index contributed by atoms with van der Waals surface area (Å²) in [4.78, 5) is 14.9. The number of nitriles is 1. The van der Waals surface area contributed by atoms with Crippen LogP contribution in [0.2, 0.25) is 0 Å². The SMILES string of the molecule is N#Cc1ccc(O)c(-c2cccc(C(=O)N(CCO)C3CCCCC3)c2)c1. The molecule has 5 nitrogen and oxygen atoms in total. The van der Waals surface area contributed by atoms with Crippen LogP contribution in [0, 0.1) is 11.3 Å². The van der Waals surface area contributed by atoms with E-state index in [1.807, 2.05) is 6.07 Å². The van der Waals surface area contributed by atoms with Crippen molar-refractivity contribution in [1.82, 2.24) is 4.90 Å². The first-order chi connectivity index (χ1) is 13.1. The van der Waals surface area contributed by atoms with E-state index in [0.29, 0.717) is 28.8 Å². The molecule has 1 amide bonds. The van der Waals surface area contributed by atoms with Crippen molar-refractivity contribution in [2.24, 2.45) is 0 Å². The number of benzene rings is 2. The molecular formula is C22H24N2O3. The van der Waals surface area contributed by atoms with E-state index >= 15 is 0 Å². The molecule has 1 saturated carbocycles. The Morgan fingerprint density at radius 2 is 1.93 bits per heavy atom. The molecule has 1 aliphatic rings. The fraction of sp³-hybridized carbons (Fsp3) is 0.364. The number of carbonyl (C=O) groups excluding carboxylic acids is 1. The van der Waals surface area contributed by atoms with Crippen molar-refractivity contribution in [2.45, 2.75) is 38.1 Å². The summed E-state index contributed by atoms with van der Waals surface area (Å²) < 4.78 is 0. The monoisotopic (exact) mass is 364 g/mol. The molecule has 0 bridgehead atoms. The Bertz CT molecular complexity index is 851. The summed E-state index contributed by atoms with van der Waals surface area (Å²) in [6.07, 6.45) is 5.35. The molecule has 0 unspecified atom stereocenters. The van der Waals surface area contributed by atoms with Crippen molar-refractivity contribution in [3.05, 3.63) is 53.6 Å². The van der Waals surface area contributed by atoms with Gasteiger partial charge in [-0.3, -0.25) is 4.79 Å². The van der Waals surface area contributed by atoms with Crippen LogP contribution >= 0.6 is 0 Å². The van der Waals surface area contributed by atoms with Gasteiger partial charge in [0, 0.05) is 23.7 Å². The molecule has 0 aromatic heterocycles. The summed E-state index contributed by atoms with van der Waals surface area (Å²) in [7, 11) is 0. The minimum atomic E-state index is -0.103. The molecule has 140 valence electrons. The average Bonchev–Trinajstić information content (AvgIpc) is 2.72. The zero-order chi connectivity index (χ0) is 19.2. The van der Waals surface area contributed by atoms with E-state index in [-0.39, 0.29) is 24.3 Å². The van der Waals surface area contributed by atoms with Gasteiger partial charge in [0.1, 0.15) is 5.75 Å². The van der Waals surface area contributed by atoms with Crippen LogP contribution in [0.5, 0.6) is 5.75 Å². The van der Waals surface area contributed by atoms with Crippen LogP contribution in [0.15, 0.2) is 42.5 Å². The highest BCUT2D eigenvalue weighted by molar-refractivity contribution is 5.96. The summed E-state index contributed by atoms with van der Waals surface area (Å²) in [5, 5.41) is 28.7. The Morgan fingerprint density at radius 3 is 2.63 bits per heavy atom. The molecule has 27 heavy (non-hydrogen) atoms. The third-order valence-corrected chi connectivity index (χ3v) is 5.16. The molecule has 2 aromatic carbocycles. The predicted molar refractivity (Wildman–Crippen MR) is 103 cm³/mol. The molecule has 0 spiro atoms. The lowest BCUT2D eigenvalue weighted by Crippen LogP contribution is -2.43. The van der Waals surface area contributed by atoms with E-state index in [2.05, 4.69) is 6.07 Å². The van der Waals surface area contributed by atoms with Gasteiger partial charge in [0.25, 0.3) is 5.91 Å². The van der Waals surface area contributed by atoms with Gasteiger partial charge in [-0.1, -0.05) is 31.4 Å². The van der Waals surface area contributed by atoms with Gasteiger partial charge in [-0.2, -0.15) is 5.26 Å². The van der Waals surface area contributed by atoms with Crippen molar-refractivity contribution in [1.29, 1.82) is 5.26 Å². The third-order valence-electron chi connectivity index (χ3n) is 5.16. The second-order valence-corrected chi connectivity index (χ2v) is 6.94. The molecule has 3 rings (SSSR count). The van der Waals surface area contributed by atoms with E-state index < -0.39 is 0 Å². The molecule has 0 aliphatic heterocycles. The van der Waals surface area contributed by atoms with Gasteiger partial charge >= 0.3 is 0 Å². The van der Waals surface area contributed by atoms with Crippen molar-refractivity contribution in [2.75, 3.05) is 13.2 Å². The maximum Gasteiger partial charge on any atom is 0.254 e. The lowest BCUT2D eigenvalue weighted by molar-refractivity contribution is 0.0585. The van der Waals surface area contributed by atoms with Crippen LogP contribution in [0.1, 0.15) is 48.0 Å². The van der Waals surface area contributed by atoms with Gasteiger partial charge in [-0.25, -0.2) is 0 Å². The smallest absolute Gasteiger partial charge is 0.254 e. The number of nitrogens with zero attached hydrogens (tertiary/aromatic N) is 2. The van der Waals surface area contributed by atoms with Crippen LogP contribution in [0.3, 0.4) is 0 Å². The molecule has 0 radical (unpaired) electrons. The number of rotatable bonds is 5. The second kappa shape index (κ2) is 8.70. The molecule has 0 atom stereocenters. The van der Waals surface area contributed by atoms with E-state index in [9.17, 15) is 15.0 Å².